The normalized spacial score (nSPS) is 18.8. The van der Waals surface area contributed by atoms with Crippen LogP contribution in [0.4, 0.5) is 26.1 Å². The van der Waals surface area contributed by atoms with E-state index in [1.807, 2.05) is 19.1 Å². The molecule has 0 unspecified atom stereocenters. The lowest BCUT2D eigenvalue weighted by Gasteiger charge is -2.24. The Bertz CT molecular complexity index is 994. The van der Waals surface area contributed by atoms with Crippen molar-refractivity contribution in [3.05, 3.63) is 59.9 Å². The van der Waals surface area contributed by atoms with E-state index >= 15 is 0 Å². The molecule has 0 spiro atoms. The molecule has 0 bridgehead atoms. The monoisotopic (exact) mass is 399 g/mol. The number of benzene rings is 2. The molecule has 2 heterocycles. The van der Waals surface area contributed by atoms with Gasteiger partial charge in [-0.25, -0.2) is 13.5 Å². The van der Waals surface area contributed by atoms with Crippen molar-refractivity contribution < 1.29 is 13.5 Å². The fourth-order valence-corrected chi connectivity index (χ4v) is 3.47. The Balaban J connectivity index is 1.48. The second kappa shape index (κ2) is 7.79. The van der Waals surface area contributed by atoms with Gasteiger partial charge in [0, 0.05) is 30.6 Å². The highest BCUT2D eigenvalue weighted by Gasteiger charge is 2.29. The number of halogens is 2. The van der Waals surface area contributed by atoms with Gasteiger partial charge in [0.25, 0.3) is 0 Å². The van der Waals surface area contributed by atoms with Crippen molar-refractivity contribution in [1.82, 2.24) is 14.8 Å². The van der Waals surface area contributed by atoms with Crippen LogP contribution in [-0.4, -0.2) is 33.5 Å². The molecular formula is C21H23F2N5O. The van der Waals surface area contributed by atoms with Crippen molar-refractivity contribution in [3.8, 4) is 5.69 Å². The van der Waals surface area contributed by atoms with Gasteiger partial charge in [0.15, 0.2) is 0 Å². The molecule has 0 amide bonds. The highest BCUT2D eigenvalue weighted by molar-refractivity contribution is 5.63. The molecule has 0 radical (unpaired) electrons. The topological polar surface area (TPSA) is 64.0 Å². The zero-order valence-electron chi connectivity index (χ0n) is 16.4. The first kappa shape index (κ1) is 19.3. The maximum atomic E-state index is 13.4. The average Bonchev–Trinajstić information content (AvgIpc) is 3.29. The summed E-state index contributed by atoms with van der Waals surface area (Å²) in [5, 5.41) is 10.8. The fraction of sp³-hybridized carbons (Fsp3) is 0.333. The van der Waals surface area contributed by atoms with Crippen LogP contribution in [0.3, 0.4) is 0 Å². The molecule has 2 aromatic carbocycles. The number of nitrogens with zero attached hydrogens (tertiary/aromatic N) is 3. The van der Waals surface area contributed by atoms with E-state index in [0.717, 1.165) is 49.0 Å². The Labute approximate surface area is 167 Å². The van der Waals surface area contributed by atoms with Crippen LogP contribution < -0.4 is 10.6 Å². The highest BCUT2D eigenvalue weighted by atomic mass is 19.1. The summed E-state index contributed by atoms with van der Waals surface area (Å²) in [5.74, 6) is -1.00. The van der Waals surface area contributed by atoms with Crippen LogP contribution in [0.1, 0.15) is 25.3 Å². The quantitative estimate of drug-likeness (QED) is 0.635. The van der Waals surface area contributed by atoms with Gasteiger partial charge in [-0.15, -0.1) is 5.10 Å². The molecule has 4 rings (SSSR count). The lowest BCUT2D eigenvalue weighted by Crippen LogP contribution is -2.32. The third kappa shape index (κ3) is 4.71. The maximum Gasteiger partial charge on any atom is 0.246 e. The summed E-state index contributed by atoms with van der Waals surface area (Å²) in [6, 6.07) is 9.21. The van der Waals surface area contributed by atoms with E-state index < -0.39 is 11.6 Å². The molecule has 1 aliphatic rings. The molecule has 29 heavy (non-hydrogen) atoms. The second-order valence-electron chi connectivity index (χ2n) is 7.61. The number of hydrogen-bond donors (Lipinski definition) is 2. The van der Waals surface area contributed by atoms with Crippen molar-refractivity contribution in [2.24, 2.45) is 0 Å². The van der Waals surface area contributed by atoms with Crippen molar-refractivity contribution in [2.45, 2.75) is 32.3 Å². The van der Waals surface area contributed by atoms with Crippen molar-refractivity contribution in [3.63, 3.8) is 0 Å². The van der Waals surface area contributed by atoms with Crippen molar-refractivity contribution in [2.75, 3.05) is 23.8 Å². The van der Waals surface area contributed by atoms with E-state index in [-0.39, 0.29) is 11.3 Å². The fourth-order valence-electron chi connectivity index (χ4n) is 3.47. The van der Waals surface area contributed by atoms with Crippen LogP contribution in [0.15, 0.2) is 42.7 Å². The molecule has 8 heteroatoms. The first-order chi connectivity index (χ1) is 13.9. The van der Waals surface area contributed by atoms with Gasteiger partial charge >= 0.3 is 0 Å². The zero-order valence-corrected chi connectivity index (χ0v) is 16.4. The van der Waals surface area contributed by atoms with Crippen LogP contribution >= 0.6 is 0 Å². The molecule has 1 atom stereocenters. The van der Waals surface area contributed by atoms with E-state index in [1.165, 1.54) is 23.1 Å². The van der Waals surface area contributed by atoms with Crippen molar-refractivity contribution >= 4 is 17.3 Å². The number of rotatable bonds is 6. The SMILES string of the molecule is Cc1cc(NC[C@@]2(C)CCCO2)cc(Nc2ncn(-c3cc(F)cc(F)c3)n2)c1. The van der Waals surface area contributed by atoms with Gasteiger partial charge in [-0.2, -0.15) is 4.98 Å². The standard InChI is InChI=1S/C21H23F2N5O/c1-14-6-17(24-12-21(2)4-3-5-29-21)11-18(7-14)26-20-25-13-28(27-20)19-9-15(22)8-16(23)10-19/h6-11,13,24H,3-5,12H2,1-2H3,(H,26,27)/t21-/m1/s1. The van der Waals surface area contributed by atoms with E-state index in [2.05, 4.69) is 33.7 Å². The average molecular weight is 399 g/mol. The number of aryl methyl sites for hydroxylation is 1. The first-order valence-electron chi connectivity index (χ1n) is 9.53. The molecule has 0 aliphatic carbocycles. The van der Waals surface area contributed by atoms with E-state index in [4.69, 9.17) is 4.74 Å². The summed E-state index contributed by atoms with van der Waals surface area (Å²) in [6.45, 7) is 5.66. The van der Waals surface area contributed by atoms with Gasteiger partial charge in [0.2, 0.25) is 5.95 Å². The molecule has 3 aromatic rings. The Kier molecular flexibility index (Phi) is 5.19. The Hall–Kier alpha value is -3.00. The lowest BCUT2D eigenvalue weighted by molar-refractivity contribution is 0.0315. The van der Waals surface area contributed by atoms with Crippen LogP contribution in [-0.2, 0) is 4.74 Å². The molecule has 1 aliphatic heterocycles. The Morgan fingerprint density at radius 1 is 1.10 bits per heavy atom. The molecule has 152 valence electrons. The van der Waals surface area contributed by atoms with Crippen LogP contribution in [0, 0.1) is 18.6 Å². The minimum atomic E-state index is -0.667. The summed E-state index contributed by atoms with van der Waals surface area (Å²) in [4.78, 5) is 4.18. The molecule has 1 fully saturated rings. The molecule has 6 nitrogen and oxygen atoms in total. The molecule has 2 N–H and O–H groups in total. The minimum Gasteiger partial charge on any atom is -0.382 e. The highest BCUT2D eigenvalue weighted by Crippen LogP contribution is 2.27. The Morgan fingerprint density at radius 3 is 2.59 bits per heavy atom. The maximum absolute atomic E-state index is 13.4. The van der Waals surface area contributed by atoms with Gasteiger partial charge in [-0.1, -0.05) is 0 Å². The van der Waals surface area contributed by atoms with Gasteiger partial charge < -0.3 is 15.4 Å². The predicted molar refractivity (Wildman–Crippen MR) is 108 cm³/mol. The largest absolute Gasteiger partial charge is 0.382 e. The lowest BCUT2D eigenvalue weighted by atomic mass is 10.0. The summed E-state index contributed by atoms with van der Waals surface area (Å²) in [6.07, 6.45) is 3.53. The molecular weight excluding hydrogens is 376 g/mol. The van der Waals surface area contributed by atoms with Gasteiger partial charge in [0.05, 0.1) is 11.3 Å². The number of aromatic nitrogens is 3. The number of ether oxygens (including phenoxy) is 1. The van der Waals surface area contributed by atoms with Gasteiger partial charge in [0.1, 0.15) is 18.0 Å². The number of hydrogen-bond acceptors (Lipinski definition) is 5. The molecule has 0 saturated carbocycles. The minimum absolute atomic E-state index is 0.141. The Morgan fingerprint density at radius 2 is 1.86 bits per heavy atom. The third-order valence-corrected chi connectivity index (χ3v) is 4.90. The van der Waals surface area contributed by atoms with Gasteiger partial charge in [-0.05, 0) is 62.6 Å². The summed E-state index contributed by atoms with van der Waals surface area (Å²) in [7, 11) is 0. The summed E-state index contributed by atoms with van der Waals surface area (Å²) < 4.78 is 34.0. The van der Waals surface area contributed by atoms with E-state index in [0.29, 0.717) is 5.95 Å². The zero-order chi connectivity index (χ0) is 20.4. The number of anilines is 3. The van der Waals surface area contributed by atoms with Gasteiger partial charge in [-0.3, -0.25) is 0 Å². The smallest absolute Gasteiger partial charge is 0.246 e. The number of nitrogens with one attached hydrogen (secondary N) is 2. The summed E-state index contributed by atoms with van der Waals surface area (Å²) >= 11 is 0. The molecule has 1 saturated heterocycles. The van der Waals surface area contributed by atoms with Crippen LogP contribution in [0.5, 0.6) is 0 Å². The van der Waals surface area contributed by atoms with Crippen LogP contribution in [0.2, 0.25) is 0 Å². The predicted octanol–water partition coefficient (Wildman–Crippen LogP) is 4.58. The van der Waals surface area contributed by atoms with Crippen LogP contribution in [0.25, 0.3) is 5.69 Å². The first-order valence-corrected chi connectivity index (χ1v) is 9.53. The van der Waals surface area contributed by atoms with Crippen molar-refractivity contribution in [1.29, 1.82) is 0 Å². The summed E-state index contributed by atoms with van der Waals surface area (Å²) in [5.41, 5.74) is 2.97. The van der Waals surface area contributed by atoms with E-state index in [1.54, 1.807) is 0 Å². The second-order valence-corrected chi connectivity index (χ2v) is 7.61. The third-order valence-electron chi connectivity index (χ3n) is 4.90. The van der Waals surface area contributed by atoms with E-state index in [9.17, 15) is 8.78 Å². The molecule has 1 aromatic heterocycles.